The molecule has 0 aliphatic carbocycles. The van der Waals surface area contributed by atoms with Gasteiger partial charge in [0.05, 0.1) is 13.7 Å². The lowest BCUT2D eigenvalue weighted by molar-refractivity contribution is -0.128. The van der Waals surface area contributed by atoms with Gasteiger partial charge in [0.2, 0.25) is 15.9 Å². The third-order valence-electron chi connectivity index (χ3n) is 2.73. The van der Waals surface area contributed by atoms with Crippen LogP contribution in [0.3, 0.4) is 0 Å². The standard InChI is InChI=1S/C12H19N3O4S/c1-14(2)12(16)8-15(3)20(17,18)11-7-9(13)5-6-10(11)19-4/h5-7H,8,13H2,1-4H3. The number of hydrogen-bond donors (Lipinski definition) is 1. The molecule has 2 N–H and O–H groups in total. The topological polar surface area (TPSA) is 92.9 Å². The van der Waals surface area contributed by atoms with Crippen LogP contribution in [0, 0.1) is 0 Å². The van der Waals surface area contributed by atoms with E-state index in [1.165, 1.54) is 31.2 Å². The van der Waals surface area contributed by atoms with Gasteiger partial charge in [-0.15, -0.1) is 0 Å². The molecule has 0 saturated carbocycles. The first kappa shape index (κ1) is 16.3. The molecule has 1 aromatic rings. The van der Waals surface area contributed by atoms with Gasteiger partial charge in [-0.3, -0.25) is 4.79 Å². The Balaban J connectivity index is 3.16. The highest BCUT2D eigenvalue weighted by Crippen LogP contribution is 2.28. The van der Waals surface area contributed by atoms with E-state index in [2.05, 4.69) is 0 Å². The van der Waals surface area contributed by atoms with E-state index in [-0.39, 0.29) is 23.1 Å². The van der Waals surface area contributed by atoms with Crippen molar-refractivity contribution in [1.82, 2.24) is 9.21 Å². The third kappa shape index (κ3) is 3.40. The van der Waals surface area contributed by atoms with Crippen molar-refractivity contribution in [3.05, 3.63) is 18.2 Å². The highest BCUT2D eigenvalue weighted by Gasteiger charge is 2.27. The summed E-state index contributed by atoms with van der Waals surface area (Å²) >= 11 is 0. The Morgan fingerprint density at radius 3 is 2.40 bits per heavy atom. The van der Waals surface area contributed by atoms with Gasteiger partial charge in [-0.05, 0) is 18.2 Å². The number of sulfonamides is 1. The Kier molecular flexibility index (Phi) is 4.96. The normalized spacial score (nSPS) is 11.4. The van der Waals surface area contributed by atoms with Gasteiger partial charge in [0, 0.05) is 26.8 Å². The van der Waals surface area contributed by atoms with Crippen LogP contribution in [0.1, 0.15) is 0 Å². The Morgan fingerprint density at radius 2 is 1.90 bits per heavy atom. The lowest BCUT2D eigenvalue weighted by atomic mass is 10.3. The van der Waals surface area contributed by atoms with Crippen molar-refractivity contribution in [2.24, 2.45) is 0 Å². The fraction of sp³-hybridized carbons (Fsp3) is 0.417. The Bertz CT molecular complexity index is 599. The van der Waals surface area contributed by atoms with Crippen LogP contribution in [-0.2, 0) is 14.8 Å². The smallest absolute Gasteiger partial charge is 0.247 e. The van der Waals surface area contributed by atoms with E-state index in [9.17, 15) is 13.2 Å². The predicted molar refractivity (Wildman–Crippen MR) is 75.9 cm³/mol. The summed E-state index contributed by atoms with van der Waals surface area (Å²) in [4.78, 5) is 12.9. The molecule has 112 valence electrons. The minimum absolute atomic E-state index is 0.0611. The number of carbonyl (C=O) groups is 1. The Hall–Kier alpha value is -1.80. The lowest BCUT2D eigenvalue weighted by Gasteiger charge is -2.20. The Labute approximate surface area is 119 Å². The molecular weight excluding hydrogens is 282 g/mol. The van der Waals surface area contributed by atoms with E-state index in [1.807, 2.05) is 0 Å². The molecule has 20 heavy (non-hydrogen) atoms. The third-order valence-corrected chi connectivity index (χ3v) is 4.56. The number of anilines is 1. The fourth-order valence-electron chi connectivity index (χ4n) is 1.48. The van der Waals surface area contributed by atoms with Crippen LogP contribution in [0.5, 0.6) is 5.75 Å². The van der Waals surface area contributed by atoms with Gasteiger partial charge in [0.15, 0.2) is 0 Å². The maximum absolute atomic E-state index is 12.4. The number of nitrogens with two attached hydrogens (primary N) is 1. The van der Waals surface area contributed by atoms with Gasteiger partial charge in [0.25, 0.3) is 0 Å². The molecule has 0 unspecified atom stereocenters. The molecule has 1 aromatic carbocycles. The van der Waals surface area contributed by atoms with Crippen molar-refractivity contribution in [1.29, 1.82) is 0 Å². The number of nitrogen functional groups attached to an aromatic ring is 1. The molecule has 0 radical (unpaired) electrons. The highest BCUT2D eigenvalue weighted by atomic mass is 32.2. The molecule has 0 aromatic heterocycles. The first-order chi connectivity index (χ1) is 9.20. The molecule has 0 heterocycles. The summed E-state index contributed by atoms with van der Waals surface area (Å²) in [6.45, 7) is -0.257. The molecule has 0 saturated heterocycles. The van der Waals surface area contributed by atoms with Crippen molar-refractivity contribution in [2.45, 2.75) is 4.90 Å². The zero-order valence-electron chi connectivity index (χ0n) is 12.0. The minimum Gasteiger partial charge on any atom is -0.495 e. The minimum atomic E-state index is -3.85. The van der Waals surface area contributed by atoms with Crippen LogP contribution < -0.4 is 10.5 Å². The molecule has 0 aliphatic rings. The Morgan fingerprint density at radius 1 is 1.30 bits per heavy atom. The maximum atomic E-state index is 12.4. The SMILES string of the molecule is COc1ccc(N)cc1S(=O)(=O)N(C)CC(=O)N(C)C. The van der Waals surface area contributed by atoms with E-state index < -0.39 is 10.0 Å². The van der Waals surface area contributed by atoms with E-state index >= 15 is 0 Å². The summed E-state index contributed by atoms with van der Waals surface area (Å²) in [6.07, 6.45) is 0. The van der Waals surface area contributed by atoms with Crippen molar-refractivity contribution in [2.75, 3.05) is 40.5 Å². The van der Waals surface area contributed by atoms with Gasteiger partial charge in [-0.25, -0.2) is 8.42 Å². The van der Waals surface area contributed by atoms with E-state index in [4.69, 9.17) is 10.5 Å². The van der Waals surface area contributed by atoms with E-state index in [0.29, 0.717) is 5.69 Å². The summed E-state index contributed by atoms with van der Waals surface area (Å²) in [7, 11) is 1.97. The number of hydrogen-bond acceptors (Lipinski definition) is 5. The largest absolute Gasteiger partial charge is 0.495 e. The van der Waals surface area contributed by atoms with Crippen LogP contribution in [-0.4, -0.2) is 58.3 Å². The number of benzene rings is 1. The zero-order valence-corrected chi connectivity index (χ0v) is 12.8. The van der Waals surface area contributed by atoms with Crippen LogP contribution >= 0.6 is 0 Å². The molecule has 1 amide bonds. The highest BCUT2D eigenvalue weighted by molar-refractivity contribution is 7.89. The predicted octanol–water partition coefficient (Wildman–Crippen LogP) is -0.0139. The maximum Gasteiger partial charge on any atom is 0.247 e. The first-order valence-electron chi connectivity index (χ1n) is 5.80. The van der Waals surface area contributed by atoms with Crippen LogP contribution in [0.4, 0.5) is 5.69 Å². The first-order valence-corrected chi connectivity index (χ1v) is 7.24. The summed E-state index contributed by atoms with van der Waals surface area (Å²) in [5.74, 6) is -0.137. The molecular formula is C12H19N3O4S. The molecule has 8 heteroatoms. The quantitative estimate of drug-likeness (QED) is 0.772. The van der Waals surface area contributed by atoms with Gasteiger partial charge in [-0.1, -0.05) is 0 Å². The lowest BCUT2D eigenvalue weighted by Crippen LogP contribution is -2.37. The van der Waals surface area contributed by atoms with Crippen molar-refractivity contribution in [3.8, 4) is 5.75 Å². The number of amides is 1. The number of ether oxygens (including phenoxy) is 1. The number of carbonyl (C=O) groups excluding carboxylic acids is 1. The molecule has 1 rings (SSSR count). The second kappa shape index (κ2) is 6.10. The second-order valence-corrected chi connectivity index (χ2v) is 6.47. The molecule has 0 fully saturated rings. The zero-order chi connectivity index (χ0) is 15.5. The van der Waals surface area contributed by atoms with Crippen LogP contribution in [0.2, 0.25) is 0 Å². The molecule has 0 aliphatic heterocycles. The number of rotatable bonds is 5. The average molecular weight is 301 g/mol. The number of methoxy groups -OCH3 is 1. The van der Waals surface area contributed by atoms with Crippen molar-refractivity contribution in [3.63, 3.8) is 0 Å². The van der Waals surface area contributed by atoms with Crippen molar-refractivity contribution < 1.29 is 17.9 Å². The molecule has 0 bridgehead atoms. The summed E-state index contributed by atoms with van der Waals surface area (Å²) in [6, 6.07) is 4.33. The van der Waals surface area contributed by atoms with E-state index in [1.54, 1.807) is 20.2 Å². The summed E-state index contributed by atoms with van der Waals surface area (Å²) < 4.78 is 30.9. The second-order valence-electron chi connectivity index (χ2n) is 4.46. The number of nitrogens with zero attached hydrogens (tertiary/aromatic N) is 2. The molecule has 7 nitrogen and oxygen atoms in total. The van der Waals surface area contributed by atoms with Gasteiger partial charge < -0.3 is 15.4 Å². The summed E-state index contributed by atoms with van der Waals surface area (Å²) in [5.41, 5.74) is 5.92. The van der Waals surface area contributed by atoms with Gasteiger partial charge in [0.1, 0.15) is 10.6 Å². The average Bonchev–Trinajstić information content (AvgIpc) is 2.38. The fourth-order valence-corrected chi connectivity index (χ4v) is 2.79. The number of likely N-dealkylation sites (N-methyl/N-ethyl adjacent to an activating group) is 2. The summed E-state index contributed by atoms with van der Waals surface area (Å²) in [5, 5.41) is 0. The van der Waals surface area contributed by atoms with E-state index in [0.717, 1.165) is 4.31 Å². The monoisotopic (exact) mass is 301 g/mol. The van der Waals surface area contributed by atoms with Crippen LogP contribution in [0.15, 0.2) is 23.1 Å². The van der Waals surface area contributed by atoms with Crippen molar-refractivity contribution >= 4 is 21.6 Å². The van der Waals surface area contributed by atoms with Crippen LogP contribution in [0.25, 0.3) is 0 Å². The van der Waals surface area contributed by atoms with Gasteiger partial charge in [-0.2, -0.15) is 4.31 Å². The molecule has 0 spiro atoms. The van der Waals surface area contributed by atoms with Gasteiger partial charge >= 0.3 is 0 Å². The molecule has 0 atom stereocenters.